The van der Waals surface area contributed by atoms with Crippen LogP contribution in [0.4, 0.5) is 0 Å². The fourth-order valence-corrected chi connectivity index (χ4v) is 0.928. The number of benzene rings is 1. The Morgan fingerprint density at radius 1 is 1.08 bits per heavy atom. The summed E-state index contributed by atoms with van der Waals surface area (Å²) < 4.78 is 0. The number of hydrogen-bond donors (Lipinski definition) is 1. The normalized spacial score (nSPS) is 8.42. The lowest BCUT2D eigenvalue weighted by atomic mass is 10.1. The summed E-state index contributed by atoms with van der Waals surface area (Å²) in [6, 6.07) is 10.2. The third kappa shape index (κ3) is 4.69. The molecule has 0 fully saturated rings. The molecule has 66 valence electrons. The molecule has 0 aliphatic carbocycles. The van der Waals surface area contributed by atoms with Gasteiger partial charge in [-0.2, -0.15) is 0 Å². The highest BCUT2D eigenvalue weighted by atomic mass is 16.2. The van der Waals surface area contributed by atoms with Crippen LogP contribution in [0.2, 0.25) is 0 Å². The lowest BCUT2D eigenvalue weighted by Gasteiger charge is -1.96. The Morgan fingerprint density at radius 3 is 2.17 bits per heavy atom. The van der Waals surface area contributed by atoms with Gasteiger partial charge >= 0.3 is 0 Å². The minimum absolute atomic E-state index is 0.287. The SMILES string of the molecule is C=C.OCCCc1ccccc1. The largest absolute Gasteiger partial charge is 0.396 e. The van der Waals surface area contributed by atoms with Crippen LogP contribution in [0.3, 0.4) is 0 Å². The Bertz CT molecular complexity index is 181. The maximum atomic E-state index is 8.53. The first-order valence-corrected chi connectivity index (χ1v) is 4.08. The van der Waals surface area contributed by atoms with Crippen molar-refractivity contribution < 1.29 is 5.11 Å². The summed E-state index contributed by atoms with van der Waals surface area (Å²) in [5.74, 6) is 0. The molecule has 0 unspecified atom stereocenters. The van der Waals surface area contributed by atoms with Crippen molar-refractivity contribution in [3.8, 4) is 0 Å². The van der Waals surface area contributed by atoms with Crippen molar-refractivity contribution in [3.05, 3.63) is 49.1 Å². The maximum Gasteiger partial charge on any atom is 0.0434 e. The van der Waals surface area contributed by atoms with E-state index >= 15 is 0 Å². The minimum atomic E-state index is 0.287. The Balaban J connectivity index is 0.000000561. The van der Waals surface area contributed by atoms with E-state index in [1.54, 1.807) is 0 Å². The van der Waals surface area contributed by atoms with Crippen LogP contribution in [0.25, 0.3) is 0 Å². The number of aryl methyl sites for hydroxylation is 1. The second-order valence-electron chi connectivity index (χ2n) is 2.31. The predicted molar refractivity (Wildman–Crippen MR) is 53.1 cm³/mol. The minimum Gasteiger partial charge on any atom is -0.396 e. The maximum absolute atomic E-state index is 8.53. The van der Waals surface area contributed by atoms with E-state index in [2.05, 4.69) is 25.3 Å². The van der Waals surface area contributed by atoms with E-state index in [-0.39, 0.29) is 6.61 Å². The average Bonchev–Trinajstić information content (AvgIpc) is 2.19. The van der Waals surface area contributed by atoms with Crippen LogP contribution < -0.4 is 0 Å². The van der Waals surface area contributed by atoms with Crippen LogP contribution in [0.1, 0.15) is 12.0 Å². The number of aliphatic hydroxyl groups excluding tert-OH is 1. The standard InChI is InChI=1S/C9H12O.C2H4/c10-8-4-7-9-5-2-1-3-6-9;1-2/h1-3,5-6,10H,4,7-8H2;1-2H2. The van der Waals surface area contributed by atoms with Crippen molar-refractivity contribution in [1.82, 2.24) is 0 Å². The van der Waals surface area contributed by atoms with Gasteiger partial charge in [-0.05, 0) is 18.4 Å². The molecule has 1 aromatic carbocycles. The van der Waals surface area contributed by atoms with Crippen LogP contribution in [0.5, 0.6) is 0 Å². The van der Waals surface area contributed by atoms with Crippen molar-refractivity contribution in [2.45, 2.75) is 12.8 Å². The highest BCUT2D eigenvalue weighted by molar-refractivity contribution is 5.14. The summed E-state index contributed by atoms with van der Waals surface area (Å²) in [7, 11) is 0. The number of hydrogen-bond acceptors (Lipinski definition) is 1. The molecule has 0 saturated carbocycles. The van der Waals surface area contributed by atoms with Gasteiger partial charge in [0.1, 0.15) is 0 Å². The summed E-state index contributed by atoms with van der Waals surface area (Å²) in [4.78, 5) is 0. The average molecular weight is 164 g/mol. The van der Waals surface area contributed by atoms with Gasteiger partial charge in [-0.15, -0.1) is 13.2 Å². The molecule has 1 N–H and O–H groups in total. The number of aliphatic hydroxyl groups is 1. The van der Waals surface area contributed by atoms with E-state index in [1.165, 1.54) is 5.56 Å². The third-order valence-corrected chi connectivity index (χ3v) is 1.47. The molecule has 1 aromatic rings. The van der Waals surface area contributed by atoms with Crippen LogP contribution in [-0.4, -0.2) is 11.7 Å². The van der Waals surface area contributed by atoms with Crippen LogP contribution in [0, 0.1) is 0 Å². The van der Waals surface area contributed by atoms with E-state index in [0.29, 0.717) is 0 Å². The zero-order chi connectivity index (χ0) is 9.23. The molecule has 0 aliphatic rings. The molecule has 0 atom stereocenters. The van der Waals surface area contributed by atoms with Crippen LogP contribution in [-0.2, 0) is 6.42 Å². The lowest BCUT2D eigenvalue weighted by Crippen LogP contribution is -1.87. The molecule has 12 heavy (non-hydrogen) atoms. The summed E-state index contributed by atoms with van der Waals surface area (Å²) in [5, 5.41) is 8.53. The first-order valence-electron chi connectivity index (χ1n) is 4.08. The van der Waals surface area contributed by atoms with Gasteiger partial charge in [-0.25, -0.2) is 0 Å². The van der Waals surface area contributed by atoms with Gasteiger partial charge in [0.25, 0.3) is 0 Å². The Kier molecular flexibility index (Phi) is 7.30. The van der Waals surface area contributed by atoms with Crippen molar-refractivity contribution in [1.29, 1.82) is 0 Å². The molecule has 0 bridgehead atoms. The fourth-order valence-electron chi connectivity index (χ4n) is 0.928. The smallest absolute Gasteiger partial charge is 0.0434 e. The Labute approximate surface area is 74.4 Å². The zero-order valence-electron chi connectivity index (χ0n) is 7.37. The molecule has 1 heteroatoms. The van der Waals surface area contributed by atoms with Crippen LogP contribution >= 0.6 is 0 Å². The monoisotopic (exact) mass is 164 g/mol. The predicted octanol–water partition coefficient (Wildman–Crippen LogP) is 2.41. The van der Waals surface area contributed by atoms with Gasteiger partial charge in [-0.3, -0.25) is 0 Å². The molecule has 1 rings (SSSR count). The molecule has 1 nitrogen and oxygen atoms in total. The molecule has 0 spiro atoms. The second kappa shape index (κ2) is 8.02. The fraction of sp³-hybridized carbons (Fsp3) is 0.273. The molecule has 0 radical (unpaired) electrons. The van der Waals surface area contributed by atoms with E-state index in [0.717, 1.165) is 12.8 Å². The summed E-state index contributed by atoms with van der Waals surface area (Å²) in [5.41, 5.74) is 1.30. The van der Waals surface area contributed by atoms with E-state index in [9.17, 15) is 0 Å². The molecule has 0 saturated heterocycles. The number of rotatable bonds is 3. The van der Waals surface area contributed by atoms with Crippen molar-refractivity contribution in [2.24, 2.45) is 0 Å². The van der Waals surface area contributed by atoms with Crippen LogP contribution in [0.15, 0.2) is 43.5 Å². The van der Waals surface area contributed by atoms with E-state index in [1.807, 2.05) is 18.2 Å². The lowest BCUT2D eigenvalue weighted by molar-refractivity contribution is 0.288. The first-order chi connectivity index (χ1) is 5.93. The third-order valence-electron chi connectivity index (χ3n) is 1.47. The molecule has 0 aromatic heterocycles. The van der Waals surface area contributed by atoms with E-state index < -0.39 is 0 Å². The summed E-state index contributed by atoms with van der Waals surface area (Å²) in [6.07, 6.45) is 1.85. The van der Waals surface area contributed by atoms with E-state index in [4.69, 9.17) is 5.11 Å². The molecule has 0 amide bonds. The molecular weight excluding hydrogens is 148 g/mol. The summed E-state index contributed by atoms with van der Waals surface area (Å²) in [6.45, 7) is 6.29. The second-order valence-corrected chi connectivity index (χ2v) is 2.31. The van der Waals surface area contributed by atoms with Crippen molar-refractivity contribution in [3.63, 3.8) is 0 Å². The van der Waals surface area contributed by atoms with Crippen molar-refractivity contribution in [2.75, 3.05) is 6.61 Å². The zero-order valence-corrected chi connectivity index (χ0v) is 7.37. The van der Waals surface area contributed by atoms with Gasteiger partial charge in [0.15, 0.2) is 0 Å². The molecular formula is C11H16O. The van der Waals surface area contributed by atoms with Gasteiger partial charge in [0, 0.05) is 6.61 Å². The summed E-state index contributed by atoms with van der Waals surface area (Å²) >= 11 is 0. The highest BCUT2D eigenvalue weighted by Crippen LogP contribution is 2.00. The quantitative estimate of drug-likeness (QED) is 0.680. The Morgan fingerprint density at radius 2 is 1.67 bits per heavy atom. The Hall–Kier alpha value is -1.08. The first kappa shape index (κ1) is 10.9. The highest BCUT2D eigenvalue weighted by Gasteiger charge is 1.87. The van der Waals surface area contributed by atoms with Crippen molar-refractivity contribution >= 4 is 0 Å². The molecule has 0 aliphatic heterocycles. The molecule has 0 heterocycles. The topological polar surface area (TPSA) is 20.2 Å². The van der Waals surface area contributed by atoms with Gasteiger partial charge in [-0.1, -0.05) is 30.3 Å². The van der Waals surface area contributed by atoms with Gasteiger partial charge in [0.05, 0.1) is 0 Å². The van der Waals surface area contributed by atoms with Gasteiger partial charge in [0.2, 0.25) is 0 Å². The van der Waals surface area contributed by atoms with Gasteiger partial charge < -0.3 is 5.11 Å².